The maximum absolute atomic E-state index is 14.7. The minimum Gasteiger partial charge on any atom is -0.598 e. The summed E-state index contributed by atoms with van der Waals surface area (Å²) in [5, 5.41) is 9.21. The van der Waals surface area contributed by atoms with Crippen molar-refractivity contribution < 1.29 is 36.0 Å². The Labute approximate surface area is 157 Å². The summed E-state index contributed by atoms with van der Waals surface area (Å²) in [5.74, 6) is -6.37. The maximum Gasteiger partial charge on any atom is 0.420 e. The number of nitrogens with zero attached hydrogens (tertiary/aromatic N) is 1. The predicted octanol–water partition coefficient (Wildman–Crippen LogP) is 3.81. The molecule has 12 heteroatoms. The standard InChI is InChI=1S/C14H17BrF6N2O2S/c1-11(2,3)26(25)23-12(4,9-7(16)5-6-8(15)22-9)13(17,18)10(24)14(19,20)21/h5-6,10,23-24H,1-4H3/t10-,12?,26-/m1/s1. The summed E-state index contributed by atoms with van der Waals surface area (Å²) in [5.41, 5.74) is -4.37. The van der Waals surface area contributed by atoms with Gasteiger partial charge in [-0.3, -0.25) is 0 Å². The first-order chi connectivity index (χ1) is 11.4. The molecule has 0 aliphatic rings. The number of aliphatic hydroxyl groups is 1. The molecular weight excluding hydrogens is 454 g/mol. The fourth-order valence-corrected chi connectivity index (χ4v) is 3.08. The molecule has 0 radical (unpaired) electrons. The van der Waals surface area contributed by atoms with Gasteiger partial charge in [-0.1, -0.05) is 0 Å². The average molecular weight is 471 g/mol. The number of rotatable bonds is 5. The number of aromatic nitrogens is 1. The van der Waals surface area contributed by atoms with E-state index in [1.165, 1.54) is 20.8 Å². The van der Waals surface area contributed by atoms with Crippen molar-refractivity contribution in [1.29, 1.82) is 0 Å². The lowest BCUT2D eigenvalue weighted by Crippen LogP contribution is -2.65. The lowest BCUT2D eigenvalue weighted by Gasteiger charge is -2.41. The summed E-state index contributed by atoms with van der Waals surface area (Å²) in [6.45, 7) is 4.63. The van der Waals surface area contributed by atoms with E-state index in [0.29, 0.717) is 13.0 Å². The van der Waals surface area contributed by atoms with Crippen LogP contribution >= 0.6 is 15.9 Å². The van der Waals surface area contributed by atoms with E-state index in [0.717, 1.165) is 6.07 Å². The van der Waals surface area contributed by atoms with E-state index in [9.17, 15) is 36.0 Å². The van der Waals surface area contributed by atoms with Crippen LogP contribution in [0.5, 0.6) is 0 Å². The molecule has 3 atom stereocenters. The second-order valence-corrected chi connectivity index (χ2v) is 9.42. The van der Waals surface area contributed by atoms with Gasteiger partial charge in [-0.05, 0) is 55.8 Å². The van der Waals surface area contributed by atoms with Crippen LogP contribution in [0, 0.1) is 5.82 Å². The van der Waals surface area contributed by atoms with Gasteiger partial charge < -0.3 is 9.66 Å². The Kier molecular flexibility index (Phi) is 6.73. The van der Waals surface area contributed by atoms with Crippen LogP contribution < -0.4 is 4.72 Å². The molecule has 1 aromatic heterocycles. The molecule has 0 spiro atoms. The normalized spacial score (nSPS) is 18.3. The van der Waals surface area contributed by atoms with Crippen molar-refractivity contribution in [2.45, 2.75) is 56.2 Å². The van der Waals surface area contributed by atoms with Gasteiger partial charge in [0.1, 0.15) is 20.9 Å². The molecule has 0 aliphatic heterocycles. The molecule has 150 valence electrons. The molecule has 0 bridgehead atoms. The molecule has 1 rings (SSSR count). The maximum atomic E-state index is 14.7. The van der Waals surface area contributed by atoms with Crippen molar-refractivity contribution >= 4 is 27.3 Å². The third kappa shape index (κ3) is 4.64. The first-order valence-electron chi connectivity index (χ1n) is 7.09. The Bertz CT molecular complexity index is 655. The van der Waals surface area contributed by atoms with E-state index in [1.54, 1.807) is 0 Å². The van der Waals surface area contributed by atoms with Crippen LogP contribution in [0.25, 0.3) is 0 Å². The third-order valence-corrected chi connectivity index (χ3v) is 5.61. The molecule has 0 aliphatic carbocycles. The lowest BCUT2D eigenvalue weighted by atomic mass is 9.86. The summed E-state index contributed by atoms with van der Waals surface area (Å²) in [6, 6.07) is 1.76. The molecule has 1 aromatic rings. The van der Waals surface area contributed by atoms with Crippen LogP contribution in [0.1, 0.15) is 33.4 Å². The van der Waals surface area contributed by atoms with Crippen molar-refractivity contribution in [3.63, 3.8) is 0 Å². The Balaban J connectivity index is 3.64. The minimum absolute atomic E-state index is 0.138. The zero-order chi connectivity index (χ0) is 20.7. The van der Waals surface area contributed by atoms with E-state index in [4.69, 9.17) is 0 Å². The van der Waals surface area contributed by atoms with Gasteiger partial charge in [0.25, 0.3) is 0 Å². The molecule has 0 aromatic carbocycles. The molecule has 0 fully saturated rings. The molecular formula is C14H17BrF6N2O2S. The molecule has 0 amide bonds. The highest BCUT2D eigenvalue weighted by Crippen LogP contribution is 2.46. The fraction of sp³-hybridized carbons (Fsp3) is 0.643. The Morgan fingerprint density at radius 3 is 2.08 bits per heavy atom. The highest BCUT2D eigenvalue weighted by atomic mass is 79.9. The number of pyridine rings is 1. The van der Waals surface area contributed by atoms with Gasteiger partial charge in [0, 0.05) is 11.4 Å². The van der Waals surface area contributed by atoms with Gasteiger partial charge in [0.05, 0.1) is 0 Å². The minimum atomic E-state index is -5.71. The summed E-state index contributed by atoms with van der Waals surface area (Å²) in [4.78, 5) is 3.50. The van der Waals surface area contributed by atoms with Gasteiger partial charge in [-0.25, -0.2) is 18.2 Å². The van der Waals surface area contributed by atoms with E-state index < -0.39 is 51.4 Å². The first kappa shape index (κ1) is 23.5. The zero-order valence-corrected chi connectivity index (χ0v) is 16.5. The largest absolute Gasteiger partial charge is 0.598 e. The molecule has 1 heterocycles. The van der Waals surface area contributed by atoms with Crippen molar-refractivity contribution in [1.82, 2.24) is 9.71 Å². The molecule has 0 saturated carbocycles. The molecule has 26 heavy (non-hydrogen) atoms. The summed E-state index contributed by atoms with van der Waals surface area (Å²) in [6.07, 6.45) is -9.86. The van der Waals surface area contributed by atoms with E-state index in [1.807, 2.05) is 4.72 Å². The van der Waals surface area contributed by atoms with Crippen molar-refractivity contribution in [2.75, 3.05) is 0 Å². The summed E-state index contributed by atoms with van der Waals surface area (Å²) >= 11 is 0.484. The number of hydrogen-bond donors (Lipinski definition) is 2. The number of aliphatic hydroxyl groups excluding tert-OH is 1. The van der Waals surface area contributed by atoms with Crippen LogP contribution in [-0.2, 0) is 16.9 Å². The molecule has 0 saturated heterocycles. The zero-order valence-electron chi connectivity index (χ0n) is 14.1. The highest BCUT2D eigenvalue weighted by Gasteiger charge is 2.68. The number of alkyl halides is 5. The third-order valence-electron chi connectivity index (χ3n) is 3.46. The van der Waals surface area contributed by atoms with Crippen LogP contribution in [0.3, 0.4) is 0 Å². The Morgan fingerprint density at radius 2 is 1.65 bits per heavy atom. The van der Waals surface area contributed by atoms with Crippen LogP contribution in [-0.4, -0.2) is 37.6 Å². The lowest BCUT2D eigenvalue weighted by molar-refractivity contribution is -0.288. The van der Waals surface area contributed by atoms with Crippen molar-refractivity contribution in [2.24, 2.45) is 0 Å². The topological polar surface area (TPSA) is 68.2 Å². The van der Waals surface area contributed by atoms with Crippen LogP contribution in [0.4, 0.5) is 26.3 Å². The van der Waals surface area contributed by atoms with E-state index >= 15 is 0 Å². The smallest absolute Gasteiger partial charge is 0.420 e. The number of halogens is 7. The predicted molar refractivity (Wildman–Crippen MR) is 87.3 cm³/mol. The summed E-state index contributed by atoms with van der Waals surface area (Å²) < 4.78 is 94.8. The van der Waals surface area contributed by atoms with Gasteiger partial charge in [0.2, 0.25) is 6.10 Å². The quantitative estimate of drug-likeness (QED) is 0.390. The average Bonchev–Trinajstić information content (AvgIpc) is 2.46. The second kappa shape index (κ2) is 7.46. The Hall–Kier alpha value is -0.560. The molecule has 4 nitrogen and oxygen atoms in total. The first-order valence-corrected chi connectivity index (χ1v) is 9.03. The van der Waals surface area contributed by atoms with Gasteiger partial charge in [-0.15, -0.1) is 4.72 Å². The summed E-state index contributed by atoms with van der Waals surface area (Å²) in [7, 11) is 0. The van der Waals surface area contributed by atoms with E-state index in [-0.39, 0.29) is 4.60 Å². The number of nitrogens with one attached hydrogen (secondary N) is 1. The molecule has 2 N–H and O–H groups in total. The monoisotopic (exact) mass is 470 g/mol. The SMILES string of the molecule is CC(C)(C)[S@@+]([O-])NC(C)(c1nc(Br)ccc1F)C(F)(F)[C@@H](O)C(F)(F)F. The highest BCUT2D eigenvalue weighted by molar-refractivity contribution is 9.10. The van der Waals surface area contributed by atoms with Crippen LogP contribution in [0.15, 0.2) is 16.7 Å². The fourth-order valence-electron chi connectivity index (χ4n) is 1.86. The Morgan fingerprint density at radius 1 is 1.15 bits per heavy atom. The van der Waals surface area contributed by atoms with Gasteiger partial charge in [0.15, 0.2) is 5.54 Å². The van der Waals surface area contributed by atoms with E-state index in [2.05, 4.69) is 20.9 Å². The van der Waals surface area contributed by atoms with Crippen molar-refractivity contribution in [3.8, 4) is 0 Å². The van der Waals surface area contributed by atoms with Crippen molar-refractivity contribution in [3.05, 3.63) is 28.2 Å². The molecule has 1 unspecified atom stereocenters. The van der Waals surface area contributed by atoms with Gasteiger partial charge >= 0.3 is 12.1 Å². The van der Waals surface area contributed by atoms with Crippen LogP contribution in [0.2, 0.25) is 0 Å². The number of hydrogen-bond acceptors (Lipinski definition) is 4. The van der Waals surface area contributed by atoms with Gasteiger partial charge in [-0.2, -0.15) is 13.2 Å². The second-order valence-electron chi connectivity index (χ2n) is 6.64.